The zero-order valence-corrected chi connectivity index (χ0v) is 13.6. The predicted molar refractivity (Wildman–Crippen MR) is 98.0 cm³/mol. The monoisotopic (exact) mass is 290 g/mol. The summed E-state index contributed by atoms with van der Waals surface area (Å²) in [6, 6.07) is 13.2. The third kappa shape index (κ3) is 2.25. The molecule has 0 atom stereocenters. The summed E-state index contributed by atoms with van der Waals surface area (Å²) in [6.07, 6.45) is 1.90. The molecule has 0 bridgehead atoms. The Morgan fingerprint density at radius 2 is 1.77 bits per heavy atom. The van der Waals surface area contributed by atoms with Gasteiger partial charge in [0.05, 0.1) is 0 Å². The van der Waals surface area contributed by atoms with Crippen LogP contribution >= 0.6 is 0 Å². The molecule has 0 spiro atoms. The maximum Gasteiger partial charge on any atom is 0.0491 e. The zero-order valence-electron chi connectivity index (χ0n) is 13.6. The van der Waals surface area contributed by atoms with Crippen molar-refractivity contribution in [3.63, 3.8) is 0 Å². The first kappa shape index (κ1) is 14.6. The summed E-state index contributed by atoms with van der Waals surface area (Å²) in [5, 5.41) is 2.59. The molecule has 0 aliphatic heterocycles. The lowest BCUT2D eigenvalue weighted by molar-refractivity contribution is 0.827. The summed E-state index contributed by atoms with van der Waals surface area (Å²) >= 11 is 0. The minimum Gasteiger partial charge on any atom is -0.341 e. The van der Waals surface area contributed by atoms with Crippen LogP contribution in [0.1, 0.15) is 31.9 Å². The summed E-state index contributed by atoms with van der Waals surface area (Å²) in [5.41, 5.74) is 6.03. The molecular formula is C20H22N2. The van der Waals surface area contributed by atoms with Crippen LogP contribution in [0, 0.1) is 0 Å². The van der Waals surface area contributed by atoms with Crippen molar-refractivity contribution >= 4 is 33.6 Å². The first-order valence-corrected chi connectivity index (χ1v) is 7.89. The van der Waals surface area contributed by atoms with Gasteiger partial charge in [0, 0.05) is 40.6 Å². The molecule has 0 aliphatic carbocycles. The molecule has 3 rings (SSSR count). The number of aryl methyl sites for hydroxylation is 1. The van der Waals surface area contributed by atoms with Gasteiger partial charge >= 0.3 is 0 Å². The van der Waals surface area contributed by atoms with Crippen molar-refractivity contribution in [3.8, 4) is 0 Å². The van der Waals surface area contributed by atoms with Gasteiger partial charge in [0.25, 0.3) is 0 Å². The number of rotatable bonds is 4. The van der Waals surface area contributed by atoms with Gasteiger partial charge in [-0.1, -0.05) is 24.8 Å². The molecule has 2 heteroatoms. The Balaban J connectivity index is 2.36. The fraction of sp³-hybridized carbons (Fsp3) is 0.250. The van der Waals surface area contributed by atoms with Gasteiger partial charge < -0.3 is 4.57 Å². The van der Waals surface area contributed by atoms with Gasteiger partial charge in [-0.25, -0.2) is 0 Å². The first-order chi connectivity index (χ1) is 10.7. The van der Waals surface area contributed by atoms with E-state index < -0.39 is 0 Å². The molecule has 0 amide bonds. The average Bonchev–Trinajstić information content (AvgIpc) is 2.87. The van der Waals surface area contributed by atoms with Gasteiger partial charge in [0.15, 0.2) is 0 Å². The summed E-state index contributed by atoms with van der Waals surface area (Å²) in [6.45, 7) is 12.0. The van der Waals surface area contributed by atoms with E-state index in [0.717, 1.165) is 24.4 Å². The first-order valence-electron chi connectivity index (χ1n) is 7.89. The van der Waals surface area contributed by atoms with E-state index in [4.69, 9.17) is 0 Å². The lowest BCUT2D eigenvalue weighted by atomic mass is 10.1. The highest BCUT2D eigenvalue weighted by atomic mass is 15.0. The van der Waals surface area contributed by atoms with Gasteiger partial charge in [0.1, 0.15) is 0 Å². The molecule has 0 radical (unpaired) electrons. The molecule has 0 saturated carbocycles. The van der Waals surface area contributed by atoms with Crippen molar-refractivity contribution in [2.24, 2.45) is 4.99 Å². The summed E-state index contributed by atoms with van der Waals surface area (Å²) in [4.78, 5) is 4.54. The number of benzene rings is 2. The molecule has 0 N–H and O–H groups in total. The highest BCUT2D eigenvalue weighted by Gasteiger charge is 2.11. The van der Waals surface area contributed by atoms with Crippen LogP contribution in [-0.4, -0.2) is 16.8 Å². The van der Waals surface area contributed by atoms with E-state index in [1.807, 2.05) is 6.08 Å². The number of nitrogens with zero attached hydrogens (tertiary/aromatic N) is 2. The molecule has 0 aliphatic rings. The van der Waals surface area contributed by atoms with E-state index in [9.17, 15) is 0 Å². The van der Waals surface area contributed by atoms with Gasteiger partial charge in [-0.15, -0.1) is 0 Å². The molecule has 0 fully saturated rings. The number of hydrogen-bond donors (Lipinski definition) is 0. The second-order valence-corrected chi connectivity index (χ2v) is 5.52. The second kappa shape index (κ2) is 5.80. The van der Waals surface area contributed by atoms with Crippen LogP contribution in [0.3, 0.4) is 0 Å². The van der Waals surface area contributed by atoms with Crippen LogP contribution in [0.15, 0.2) is 48.0 Å². The second-order valence-electron chi connectivity index (χ2n) is 5.52. The van der Waals surface area contributed by atoms with E-state index in [2.05, 4.69) is 73.3 Å². The Morgan fingerprint density at radius 1 is 1.09 bits per heavy atom. The van der Waals surface area contributed by atoms with E-state index in [0.29, 0.717) is 0 Å². The van der Waals surface area contributed by atoms with Gasteiger partial charge in [0.2, 0.25) is 0 Å². The Kier molecular flexibility index (Phi) is 3.84. The molecule has 2 aromatic carbocycles. The average molecular weight is 290 g/mol. The van der Waals surface area contributed by atoms with Crippen molar-refractivity contribution in [2.45, 2.75) is 27.3 Å². The maximum absolute atomic E-state index is 4.54. The molecule has 22 heavy (non-hydrogen) atoms. The van der Waals surface area contributed by atoms with E-state index in [1.54, 1.807) is 0 Å². The Hall–Kier alpha value is -2.35. The summed E-state index contributed by atoms with van der Waals surface area (Å²) in [7, 11) is 0. The lowest BCUT2D eigenvalue weighted by Gasteiger charge is -2.04. The summed E-state index contributed by atoms with van der Waals surface area (Å²) < 4.78 is 2.37. The van der Waals surface area contributed by atoms with E-state index in [1.165, 1.54) is 27.4 Å². The number of fused-ring (bicyclic) bond motifs is 3. The topological polar surface area (TPSA) is 17.3 Å². The van der Waals surface area contributed by atoms with Gasteiger partial charge in [-0.05, 0) is 56.2 Å². The minimum absolute atomic E-state index is 0.821. The normalized spacial score (nSPS) is 12.2. The Bertz CT molecular complexity index is 881. The fourth-order valence-corrected chi connectivity index (χ4v) is 3.14. The van der Waals surface area contributed by atoms with Gasteiger partial charge in [-0.2, -0.15) is 0 Å². The van der Waals surface area contributed by atoms with Crippen LogP contribution in [0.25, 0.3) is 27.9 Å². The molecule has 112 valence electrons. The molecule has 0 unspecified atom stereocenters. The Labute approximate surface area is 131 Å². The number of aromatic nitrogens is 1. The van der Waals surface area contributed by atoms with Crippen LogP contribution in [0.5, 0.6) is 0 Å². The zero-order chi connectivity index (χ0) is 15.7. The standard InChI is InChI=1S/C20H22N2/c1-5-15-8-10-19-17(12-15)18-13-16(14(4)21-6-2)9-11-20(18)22(19)7-3/h5,8-13H,1,6-7H2,2-4H3. The van der Waals surface area contributed by atoms with Crippen LogP contribution in [-0.2, 0) is 6.54 Å². The van der Waals surface area contributed by atoms with Crippen LogP contribution in [0.2, 0.25) is 0 Å². The highest BCUT2D eigenvalue weighted by molar-refractivity contribution is 6.11. The minimum atomic E-state index is 0.821. The molecule has 1 heterocycles. The van der Waals surface area contributed by atoms with Crippen molar-refractivity contribution in [1.82, 2.24) is 4.57 Å². The SMILES string of the molecule is C=Cc1ccc2c(c1)c1cc(C(C)=NCC)ccc1n2CC. The third-order valence-corrected chi connectivity index (χ3v) is 4.25. The lowest BCUT2D eigenvalue weighted by Crippen LogP contribution is -1.96. The third-order valence-electron chi connectivity index (χ3n) is 4.25. The maximum atomic E-state index is 4.54. The molecule has 0 saturated heterocycles. The summed E-state index contributed by atoms with van der Waals surface area (Å²) in [5.74, 6) is 0. The van der Waals surface area contributed by atoms with Crippen LogP contribution in [0.4, 0.5) is 0 Å². The van der Waals surface area contributed by atoms with Crippen molar-refractivity contribution in [2.75, 3.05) is 6.54 Å². The fourth-order valence-electron chi connectivity index (χ4n) is 3.14. The van der Waals surface area contributed by atoms with Gasteiger partial charge in [-0.3, -0.25) is 4.99 Å². The quantitative estimate of drug-likeness (QED) is 0.581. The highest BCUT2D eigenvalue weighted by Crippen LogP contribution is 2.31. The number of hydrogen-bond acceptors (Lipinski definition) is 1. The molecule has 2 nitrogen and oxygen atoms in total. The van der Waals surface area contributed by atoms with Crippen molar-refractivity contribution < 1.29 is 0 Å². The molecule has 3 aromatic rings. The largest absolute Gasteiger partial charge is 0.341 e. The van der Waals surface area contributed by atoms with Crippen molar-refractivity contribution in [3.05, 3.63) is 54.1 Å². The number of aliphatic imine (C=N–C) groups is 1. The van der Waals surface area contributed by atoms with Crippen molar-refractivity contribution in [1.29, 1.82) is 0 Å². The van der Waals surface area contributed by atoms with E-state index in [-0.39, 0.29) is 0 Å². The van der Waals surface area contributed by atoms with E-state index >= 15 is 0 Å². The smallest absolute Gasteiger partial charge is 0.0491 e. The molecular weight excluding hydrogens is 268 g/mol. The molecule has 1 aromatic heterocycles. The Morgan fingerprint density at radius 3 is 2.41 bits per heavy atom. The predicted octanol–water partition coefficient (Wildman–Crippen LogP) is 5.29. The van der Waals surface area contributed by atoms with Crippen LogP contribution < -0.4 is 0 Å².